The first kappa shape index (κ1) is 11.8. The van der Waals surface area contributed by atoms with Crippen LogP contribution in [0.2, 0.25) is 0 Å². The number of likely N-dealkylation sites (tertiary alicyclic amines) is 1. The van der Waals surface area contributed by atoms with E-state index in [-0.39, 0.29) is 18.4 Å². The maximum Gasteiger partial charge on any atom is 0.322 e. The molecule has 2 saturated heterocycles. The monoisotopic (exact) mass is 240 g/mol. The third-order valence-corrected chi connectivity index (χ3v) is 3.23. The van der Waals surface area contributed by atoms with E-state index in [1.54, 1.807) is 11.9 Å². The number of carbonyl (C=O) groups excluding carboxylic acids is 3. The summed E-state index contributed by atoms with van der Waals surface area (Å²) >= 11 is 0. The molecule has 2 aliphatic rings. The van der Waals surface area contributed by atoms with E-state index >= 15 is 0 Å². The first-order chi connectivity index (χ1) is 8.07. The molecule has 0 aromatic carbocycles. The van der Waals surface area contributed by atoms with Crippen LogP contribution in [0, 0.1) is 0 Å². The first-order valence-corrected chi connectivity index (χ1v) is 5.63. The summed E-state index contributed by atoms with van der Waals surface area (Å²) < 4.78 is 0. The van der Waals surface area contributed by atoms with Gasteiger partial charge in [-0.05, 0) is 13.5 Å². The molecular weight excluding hydrogens is 224 g/mol. The lowest BCUT2D eigenvalue weighted by molar-refractivity contribution is -0.130. The first-order valence-electron chi connectivity index (χ1n) is 5.63. The second kappa shape index (κ2) is 4.33. The van der Waals surface area contributed by atoms with Gasteiger partial charge < -0.3 is 15.5 Å². The molecule has 0 aliphatic carbocycles. The molecule has 0 aromatic rings. The van der Waals surface area contributed by atoms with Gasteiger partial charge >= 0.3 is 6.03 Å². The summed E-state index contributed by atoms with van der Waals surface area (Å²) in [5.74, 6) is -0.323. The highest BCUT2D eigenvalue weighted by Crippen LogP contribution is 2.24. The van der Waals surface area contributed by atoms with Gasteiger partial charge in [-0.3, -0.25) is 14.9 Å². The van der Waals surface area contributed by atoms with Gasteiger partial charge in [0.05, 0.1) is 6.54 Å². The zero-order valence-corrected chi connectivity index (χ0v) is 9.71. The van der Waals surface area contributed by atoms with E-state index < -0.39 is 11.6 Å². The average molecular weight is 240 g/mol. The minimum atomic E-state index is -0.896. The number of hydrogen-bond acceptors (Lipinski definition) is 4. The van der Waals surface area contributed by atoms with Crippen molar-refractivity contribution in [1.82, 2.24) is 20.9 Å². The predicted octanol–water partition coefficient (Wildman–Crippen LogP) is -1.59. The van der Waals surface area contributed by atoms with Crippen LogP contribution in [0.25, 0.3) is 0 Å². The molecule has 0 aromatic heterocycles. The lowest BCUT2D eigenvalue weighted by Crippen LogP contribution is -2.49. The van der Waals surface area contributed by atoms with Crippen LogP contribution in [0.3, 0.4) is 0 Å². The van der Waals surface area contributed by atoms with Gasteiger partial charge in [0.15, 0.2) is 0 Å². The average Bonchev–Trinajstić information content (AvgIpc) is 2.81. The fourth-order valence-electron chi connectivity index (χ4n) is 2.23. The van der Waals surface area contributed by atoms with Crippen molar-refractivity contribution in [3.63, 3.8) is 0 Å². The van der Waals surface area contributed by atoms with Crippen molar-refractivity contribution in [3.05, 3.63) is 0 Å². The molecule has 1 spiro atoms. The predicted molar refractivity (Wildman–Crippen MR) is 59.1 cm³/mol. The molecule has 2 aliphatic heterocycles. The van der Waals surface area contributed by atoms with E-state index in [0.29, 0.717) is 25.9 Å². The Morgan fingerprint density at radius 3 is 2.88 bits per heavy atom. The molecule has 17 heavy (non-hydrogen) atoms. The topological polar surface area (TPSA) is 90.5 Å². The fraction of sp³-hybridized carbons (Fsp3) is 0.700. The highest BCUT2D eigenvalue weighted by Gasteiger charge is 2.51. The van der Waals surface area contributed by atoms with Crippen LogP contribution in [-0.2, 0) is 9.59 Å². The van der Waals surface area contributed by atoms with E-state index in [2.05, 4.69) is 16.0 Å². The molecule has 7 heteroatoms. The molecule has 0 radical (unpaired) electrons. The van der Waals surface area contributed by atoms with Crippen molar-refractivity contribution in [2.75, 3.05) is 26.7 Å². The molecule has 3 N–H and O–H groups in total. The quantitative estimate of drug-likeness (QED) is 0.519. The summed E-state index contributed by atoms with van der Waals surface area (Å²) in [6.45, 7) is 1.39. The molecule has 2 fully saturated rings. The number of hydrogen-bond donors (Lipinski definition) is 3. The van der Waals surface area contributed by atoms with E-state index in [9.17, 15) is 14.4 Å². The van der Waals surface area contributed by atoms with Crippen LogP contribution < -0.4 is 16.0 Å². The summed E-state index contributed by atoms with van der Waals surface area (Å²) in [4.78, 5) is 36.2. The van der Waals surface area contributed by atoms with Crippen LogP contribution in [0.5, 0.6) is 0 Å². The molecule has 1 unspecified atom stereocenters. The minimum Gasteiger partial charge on any atom is -0.340 e. The van der Waals surface area contributed by atoms with Crippen LogP contribution >= 0.6 is 0 Å². The Balaban J connectivity index is 1.97. The summed E-state index contributed by atoms with van der Waals surface area (Å²) in [5, 5.41) is 7.73. The van der Waals surface area contributed by atoms with Crippen molar-refractivity contribution < 1.29 is 14.4 Å². The van der Waals surface area contributed by atoms with Crippen LogP contribution in [-0.4, -0.2) is 55.0 Å². The van der Waals surface area contributed by atoms with Gasteiger partial charge in [-0.25, -0.2) is 4.79 Å². The molecule has 94 valence electrons. The summed E-state index contributed by atoms with van der Waals surface area (Å²) in [6.07, 6.45) is 0.887. The largest absolute Gasteiger partial charge is 0.340 e. The molecule has 7 nitrogen and oxygen atoms in total. The van der Waals surface area contributed by atoms with Gasteiger partial charge in [0.2, 0.25) is 5.91 Å². The van der Waals surface area contributed by atoms with Crippen molar-refractivity contribution >= 4 is 17.8 Å². The number of urea groups is 1. The van der Waals surface area contributed by atoms with Crippen LogP contribution in [0.1, 0.15) is 12.8 Å². The van der Waals surface area contributed by atoms with E-state index in [4.69, 9.17) is 0 Å². The number of rotatable bonds is 3. The van der Waals surface area contributed by atoms with Gasteiger partial charge in [0, 0.05) is 19.5 Å². The molecule has 0 saturated carbocycles. The third-order valence-electron chi connectivity index (χ3n) is 3.23. The second-order valence-corrected chi connectivity index (χ2v) is 4.41. The van der Waals surface area contributed by atoms with Gasteiger partial charge in [-0.15, -0.1) is 0 Å². The van der Waals surface area contributed by atoms with Gasteiger partial charge in [0.1, 0.15) is 5.54 Å². The Bertz CT molecular complexity index is 371. The molecule has 0 bridgehead atoms. The summed E-state index contributed by atoms with van der Waals surface area (Å²) in [7, 11) is 1.78. The van der Waals surface area contributed by atoms with Crippen molar-refractivity contribution in [1.29, 1.82) is 0 Å². The zero-order valence-electron chi connectivity index (χ0n) is 9.71. The van der Waals surface area contributed by atoms with Crippen LogP contribution in [0.4, 0.5) is 4.79 Å². The van der Waals surface area contributed by atoms with E-state index in [1.807, 2.05) is 0 Å². The van der Waals surface area contributed by atoms with Gasteiger partial charge in [-0.2, -0.15) is 0 Å². The van der Waals surface area contributed by atoms with Crippen molar-refractivity contribution in [3.8, 4) is 0 Å². The summed E-state index contributed by atoms with van der Waals surface area (Å²) in [6, 6.07) is -0.473. The number of nitrogens with zero attached hydrogens (tertiary/aromatic N) is 1. The molecular formula is C10H16N4O3. The van der Waals surface area contributed by atoms with Crippen molar-refractivity contribution in [2.45, 2.75) is 18.4 Å². The van der Waals surface area contributed by atoms with Crippen LogP contribution in [0.15, 0.2) is 0 Å². The highest BCUT2D eigenvalue weighted by molar-refractivity contribution is 6.07. The Morgan fingerprint density at radius 1 is 1.53 bits per heavy atom. The normalized spacial score (nSPS) is 27.5. The standard InChI is InChI=1S/C10H16N4O3/c1-11-4-2-7(15)14-5-3-10(6-14)8(16)12-9(17)13-10/h11H,2-6H2,1H3,(H2,12,13,16,17). The maximum absolute atomic E-state index is 11.8. The minimum absolute atomic E-state index is 0.00479. The Morgan fingerprint density at radius 2 is 2.29 bits per heavy atom. The SMILES string of the molecule is CNCCC(=O)N1CCC2(C1)NC(=O)NC2=O. The number of amides is 4. The Labute approximate surface area is 98.9 Å². The second-order valence-electron chi connectivity index (χ2n) is 4.41. The Hall–Kier alpha value is -1.63. The molecule has 2 heterocycles. The molecule has 1 atom stereocenters. The van der Waals surface area contributed by atoms with Gasteiger partial charge in [-0.1, -0.05) is 0 Å². The lowest BCUT2D eigenvalue weighted by atomic mass is 10.00. The van der Waals surface area contributed by atoms with Gasteiger partial charge in [0.25, 0.3) is 5.91 Å². The lowest BCUT2D eigenvalue weighted by Gasteiger charge is -2.21. The maximum atomic E-state index is 11.8. The third kappa shape index (κ3) is 2.10. The molecule has 2 rings (SSSR count). The van der Waals surface area contributed by atoms with E-state index in [1.165, 1.54) is 0 Å². The Kier molecular flexibility index (Phi) is 3.01. The fourth-order valence-corrected chi connectivity index (χ4v) is 2.23. The smallest absolute Gasteiger partial charge is 0.322 e. The number of imide groups is 1. The molecule has 4 amide bonds. The number of carbonyl (C=O) groups is 3. The number of nitrogens with one attached hydrogen (secondary N) is 3. The highest BCUT2D eigenvalue weighted by atomic mass is 16.2. The zero-order chi connectivity index (χ0) is 12.5. The van der Waals surface area contributed by atoms with E-state index in [0.717, 1.165) is 0 Å². The van der Waals surface area contributed by atoms with Crippen molar-refractivity contribution in [2.24, 2.45) is 0 Å². The summed E-state index contributed by atoms with van der Waals surface area (Å²) in [5.41, 5.74) is -0.896.